The third-order valence-corrected chi connectivity index (χ3v) is 2.27. The number of ether oxygens (including phenoxy) is 1. The first kappa shape index (κ1) is 11.1. The quantitative estimate of drug-likeness (QED) is 0.808. The summed E-state index contributed by atoms with van der Waals surface area (Å²) in [4.78, 5) is 4.19. The van der Waals surface area contributed by atoms with Crippen LogP contribution in [-0.4, -0.2) is 14.8 Å². The van der Waals surface area contributed by atoms with Crippen molar-refractivity contribution in [1.29, 1.82) is 5.26 Å². The van der Waals surface area contributed by atoms with Crippen LogP contribution in [0.25, 0.3) is 0 Å². The molecule has 2 rings (SSSR count). The lowest BCUT2D eigenvalue weighted by atomic mass is 10.2. The van der Waals surface area contributed by atoms with Crippen LogP contribution in [0.2, 0.25) is 0 Å². The first-order valence-corrected chi connectivity index (χ1v) is 5.31. The fourth-order valence-corrected chi connectivity index (χ4v) is 1.38. The van der Waals surface area contributed by atoms with Crippen molar-refractivity contribution in [2.75, 3.05) is 0 Å². The van der Waals surface area contributed by atoms with Crippen LogP contribution in [0.15, 0.2) is 24.5 Å². The molecule has 0 saturated heterocycles. The van der Waals surface area contributed by atoms with E-state index in [9.17, 15) is 0 Å². The van der Waals surface area contributed by atoms with Crippen LogP contribution >= 0.6 is 0 Å². The highest BCUT2D eigenvalue weighted by molar-refractivity contribution is 5.40. The first-order valence-electron chi connectivity index (χ1n) is 5.31. The third-order valence-electron chi connectivity index (χ3n) is 2.27. The molecule has 2 aromatic rings. The summed E-state index contributed by atoms with van der Waals surface area (Å²) < 4.78 is 7.29. The van der Waals surface area contributed by atoms with Crippen LogP contribution in [0.3, 0.4) is 0 Å². The van der Waals surface area contributed by atoms with Crippen LogP contribution in [0.4, 0.5) is 0 Å². The lowest BCUT2D eigenvalue weighted by molar-refractivity contribution is 0.459. The number of nitrogens with zero attached hydrogens (tertiary/aromatic N) is 4. The van der Waals surface area contributed by atoms with E-state index in [0.717, 1.165) is 12.2 Å². The second kappa shape index (κ2) is 4.66. The summed E-state index contributed by atoms with van der Waals surface area (Å²) in [7, 11) is 0. The minimum absolute atomic E-state index is 0.322. The van der Waals surface area contributed by atoms with Crippen LogP contribution in [0, 0.1) is 18.3 Å². The van der Waals surface area contributed by atoms with Crippen LogP contribution in [0.5, 0.6) is 11.6 Å². The van der Waals surface area contributed by atoms with Crippen molar-refractivity contribution in [2.24, 2.45) is 0 Å². The van der Waals surface area contributed by atoms with E-state index in [4.69, 9.17) is 10.00 Å². The van der Waals surface area contributed by atoms with Gasteiger partial charge in [0.25, 0.3) is 0 Å². The molecule has 0 saturated carbocycles. The molecule has 0 bridgehead atoms. The van der Waals surface area contributed by atoms with Crippen molar-refractivity contribution >= 4 is 0 Å². The number of aryl methyl sites for hydroxylation is 2. The molecule has 0 unspecified atom stereocenters. The van der Waals surface area contributed by atoms with Crippen LogP contribution in [0.1, 0.15) is 18.2 Å². The zero-order valence-corrected chi connectivity index (χ0v) is 9.71. The van der Waals surface area contributed by atoms with Crippen LogP contribution < -0.4 is 4.74 Å². The number of aromatic nitrogens is 3. The summed E-state index contributed by atoms with van der Waals surface area (Å²) >= 11 is 0. The summed E-state index contributed by atoms with van der Waals surface area (Å²) in [6.07, 6.45) is 3.37. The highest BCUT2D eigenvalue weighted by Gasteiger charge is 2.08. The molecule has 0 aliphatic heterocycles. The molecule has 0 aromatic carbocycles. The predicted molar refractivity (Wildman–Crippen MR) is 61.7 cm³/mol. The monoisotopic (exact) mass is 228 g/mol. The van der Waals surface area contributed by atoms with Gasteiger partial charge in [-0.2, -0.15) is 10.4 Å². The van der Waals surface area contributed by atoms with Gasteiger partial charge < -0.3 is 4.74 Å². The van der Waals surface area contributed by atoms with Gasteiger partial charge in [0.05, 0.1) is 12.4 Å². The van der Waals surface area contributed by atoms with Crippen molar-refractivity contribution < 1.29 is 4.74 Å². The number of hydrogen-bond acceptors (Lipinski definition) is 4. The predicted octanol–water partition coefficient (Wildman–Crippen LogP) is 2.27. The molecule has 0 aliphatic rings. The fourth-order valence-electron chi connectivity index (χ4n) is 1.38. The van der Waals surface area contributed by atoms with Gasteiger partial charge in [-0.3, -0.25) is 4.68 Å². The number of hydrogen-bond donors (Lipinski definition) is 0. The summed E-state index contributed by atoms with van der Waals surface area (Å²) in [6, 6.07) is 5.52. The Hall–Kier alpha value is -2.35. The van der Waals surface area contributed by atoms with E-state index < -0.39 is 0 Å². The van der Waals surface area contributed by atoms with Gasteiger partial charge in [-0.05, 0) is 26.0 Å². The number of rotatable bonds is 3. The summed E-state index contributed by atoms with van der Waals surface area (Å²) in [6.45, 7) is 4.61. The zero-order valence-electron chi connectivity index (χ0n) is 9.71. The molecule has 0 atom stereocenters. The van der Waals surface area contributed by atoms with E-state index in [0.29, 0.717) is 17.2 Å². The third kappa shape index (κ3) is 2.42. The second-order valence-corrected chi connectivity index (χ2v) is 3.55. The molecule has 0 fully saturated rings. The van der Waals surface area contributed by atoms with Crippen molar-refractivity contribution in [1.82, 2.24) is 14.8 Å². The molecule has 5 nitrogen and oxygen atoms in total. The topological polar surface area (TPSA) is 63.7 Å². The molecule has 0 radical (unpaired) electrons. The second-order valence-electron chi connectivity index (χ2n) is 3.55. The molecule has 86 valence electrons. The Morgan fingerprint density at radius 1 is 1.47 bits per heavy atom. The molecule has 0 aliphatic carbocycles. The molecule has 5 heteroatoms. The van der Waals surface area contributed by atoms with Gasteiger partial charge in [0.2, 0.25) is 5.88 Å². The molecule has 2 heterocycles. The van der Waals surface area contributed by atoms with E-state index in [2.05, 4.69) is 10.1 Å². The Morgan fingerprint density at radius 2 is 2.29 bits per heavy atom. The average molecular weight is 228 g/mol. The Labute approximate surface area is 99.3 Å². The van der Waals surface area contributed by atoms with Gasteiger partial charge >= 0.3 is 0 Å². The maximum Gasteiger partial charge on any atom is 0.237 e. The van der Waals surface area contributed by atoms with Gasteiger partial charge in [-0.1, -0.05) is 0 Å². The summed E-state index contributed by atoms with van der Waals surface area (Å²) in [5.41, 5.74) is 1.22. The number of nitriles is 1. The molecular formula is C12H12N4O. The Morgan fingerprint density at radius 3 is 2.94 bits per heavy atom. The highest BCUT2D eigenvalue weighted by atomic mass is 16.5. The summed E-state index contributed by atoms with van der Waals surface area (Å²) in [5, 5.41) is 13.0. The molecular weight excluding hydrogens is 216 g/mol. The molecule has 0 N–H and O–H groups in total. The van der Waals surface area contributed by atoms with Gasteiger partial charge in [0.15, 0.2) is 5.75 Å². The molecule has 17 heavy (non-hydrogen) atoms. The molecule has 2 aromatic heterocycles. The Bertz CT molecular complexity index is 568. The van der Waals surface area contributed by atoms with Gasteiger partial charge in [0, 0.05) is 12.2 Å². The standard InChI is InChI=1S/C12H12N4O/c1-3-16-8-11(7-14-16)17-12-10(6-13)5-4-9(2)15-12/h4-5,7-8H,3H2,1-2H3. The largest absolute Gasteiger partial charge is 0.434 e. The normalized spacial score (nSPS) is 9.94. The van der Waals surface area contributed by atoms with Crippen molar-refractivity contribution in [3.8, 4) is 17.7 Å². The fraction of sp³-hybridized carbons (Fsp3) is 0.250. The van der Waals surface area contributed by atoms with E-state index >= 15 is 0 Å². The van der Waals surface area contributed by atoms with Gasteiger partial charge in [0.1, 0.15) is 11.6 Å². The SMILES string of the molecule is CCn1cc(Oc2nc(C)ccc2C#N)cn1. The maximum atomic E-state index is 8.95. The Balaban J connectivity index is 2.29. The van der Waals surface area contributed by atoms with Crippen molar-refractivity contribution in [3.63, 3.8) is 0 Å². The summed E-state index contributed by atoms with van der Waals surface area (Å²) in [5.74, 6) is 0.907. The molecule has 0 spiro atoms. The minimum atomic E-state index is 0.322. The average Bonchev–Trinajstić information content (AvgIpc) is 2.77. The Kier molecular flexibility index (Phi) is 3.06. The van der Waals surface area contributed by atoms with Crippen LogP contribution in [-0.2, 0) is 6.54 Å². The van der Waals surface area contributed by atoms with Crippen molar-refractivity contribution in [3.05, 3.63) is 35.8 Å². The van der Waals surface area contributed by atoms with E-state index in [-0.39, 0.29) is 0 Å². The first-order chi connectivity index (χ1) is 8.22. The van der Waals surface area contributed by atoms with Gasteiger partial charge in [-0.15, -0.1) is 0 Å². The lowest BCUT2D eigenvalue weighted by Crippen LogP contribution is -1.94. The minimum Gasteiger partial charge on any atom is -0.434 e. The van der Waals surface area contributed by atoms with Crippen molar-refractivity contribution in [2.45, 2.75) is 20.4 Å². The van der Waals surface area contributed by atoms with E-state index in [1.165, 1.54) is 0 Å². The van der Waals surface area contributed by atoms with E-state index in [1.54, 1.807) is 29.2 Å². The number of pyridine rings is 1. The van der Waals surface area contributed by atoms with Gasteiger partial charge in [-0.25, -0.2) is 4.98 Å². The maximum absolute atomic E-state index is 8.95. The zero-order chi connectivity index (χ0) is 12.3. The highest BCUT2D eigenvalue weighted by Crippen LogP contribution is 2.22. The molecule has 0 amide bonds. The lowest BCUT2D eigenvalue weighted by Gasteiger charge is -2.04. The smallest absolute Gasteiger partial charge is 0.237 e. The van der Waals surface area contributed by atoms with E-state index in [1.807, 2.05) is 19.9 Å².